The lowest BCUT2D eigenvalue weighted by Gasteiger charge is -2.16. The Bertz CT molecular complexity index is 754. The van der Waals surface area contributed by atoms with Crippen molar-refractivity contribution < 1.29 is 19.4 Å². The van der Waals surface area contributed by atoms with E-state index in [2.05, 4.69) is 0 Å². The van der Waals surface area contributed by atoms with Crippen LogP contribution < -0.4 is 4.74 Å². The van der Waals surface area contributed by atoms with Gasteiger partial charge in [0.15, 0.2) is 0 Å². The number of thiocarbonyl (C=S) groups is 1. The van der Waals surface area contributed by atoms with Crippen LogP contribution in [-0.2, 0) is 9.59 Å². The highest BCUT2D eigenvalue weighted by Crippen LogP contribution is 2.33. The van der Waals surface area contributed by atoms with Crippen LogP contribution in [0.15, 0.2) is 40.8 Å². The summed E-state index contributed by atoms with van der Waals surface area (Å²) in [6.45, 7) is 0.478. The molecular formula is C16H13NO4S2. The van der Waals surface area contributed by atoms with Gasteiger partial charge in [-0.15, -0.1) is 0 Å². The van der Waals surface area contributed by atoms with E-state index >= 15 is 0 Å². The summed E-state index contributed by atoms with van der Waals surface area (Å²) in [6.07, 6.45) is 3.61. The zero-order valence-corrected chi connectivity index (χ0v) is 13.7. The molecule has 1 aromatic carbocycles. The van der Waals surface area contributed by atoms with E-state index in [9.17, 15) is 9.59 Å². The Kier molecular flexibility index (Phi) is 4.49. The molecule has 1 N–H and O–H groups in total. The van der Waals surface area contributed by atoms with E-state index in [-0.39, 0.29) is 18.9 Å². The molecule has 1 amide bonds. The standard InChI is InChI=1S/C16H13NO4S2/c18-14(19)5-6-17-15(20)13(23-16(17)22)8-10-7-11-3-1-2-4-12(11)21-9-10/h1-4,7-8H,5-6,9H2,(H,18,19)/b13-8-. The normalized spacial score (nSPS) is 18.7. The highest BCUT2D eigenvalue weighted by molar-refractivity contribution is 8.26. The number of aliphatic carboxylic acids is 1. The van der Waals surface area contributed by atoms with Gasteiger partial charge in [-0.25, -0.2) is 0 Å². The molecule has 7 heteroatoms. The van der Waals surface area contributed by atoms with Gasteiger partial charge >= 0.3 is 5.97 Å². The number of ether oxygens (including phenoxy) is 1. The van der Waals surface area contributed by atoms with Crippen molar-refractivity contribution in [3.63, 3.8) is 0 Å². The van der Waals surface area contributed by atoms with Crippen molar-refractivity contribution in [3.05, 3.63) is 46.4 Å². The number of thioether (sulfide) groups is 1. The van der Waals surface area contributed by atoms with Gasteiger partial charge in [-0.05, 0) is 23.8 Å². The fraction of sp³-hybridized carbons (Fsp3) is 0.188. The van der Waals surface area contributed by atoms with Gasteiger partial charge in [0.2, 0.25) is 0 Å². The zero-order chi connectivity index (χ0) is 16.4. The molecule has 1 saturated heterocycles. The van der Waals surface area contributed by atoms with E-state index in [0.29, 0.717) is 15.8 Å². The third-order valence-corrected chi connectivity index (χ3v) is 4.77. The van der Waals surface area contributed by atoms with E-state index in [4.69, 9.17) is 22.1 Å². The highest BCUT2D eigenvalue weighted by Gasteiger charge is 2.32. The van der Waals surface area contributed by atoms with E-state index in [1.54, 1.807) is 6.08 Å². The van der Waals surface area contributed by atoms with Gasteiger partial charge in [0.1, 0.15) is 16.7 Å². The molecule has 0 aliphatic carbocycles. The number of nitrogens with zero attached hydrogens (tertiary/aromatic N) is 1. The lowest BCUT2D eigenvalue weighted by molar-refractivity contribution is -0.137. The van der Waals surface area contributed by atoms with Crippen molar-refractivity contribution >= 4 is 46.3 Å². The number of carbonyl (C=O) groups excluding carboxylic acids is 1. The molecule has 0 atom stereocenters. The third kappa shape index (κ3) is 3.46. The molecule has 23 heavy (non-hydrogen) atoms. The molecule has 0 spiro atoms. The fourth-order valence-corrected chi connectivity index (χ4v) is 3.61. The highest BCUT2D eigenvalue weighted by atomic mass is 32.2. The first-order valence-corrected chi connectivity index (χ1v) is 8.16. The number of carboxylic acids is 1. The predicted molar refractivity (Wildman–Crippen MR) is 92.2 cm³/mol. The SMILES string of the molecule is O=C(O)CCN1C(=O)/C(=C/C2=Cc3ccccc3OC2)SC1=S. The number of benzene rings is 1. The molecular weight excluding hydrogens is 334 g/mol. The first-order chi connectivity index (χ1) is 11.0. The Morgan fingerprint density at radius 1 is 1.43 bits per heavy atom. The largest absolute Gasteiger partial charge is 0.488 e. The Morgan fingerprint density at radius 2 is 2.22 bits per heavy atom. The molecule has 0 radical (unpaired) electrons. The smallest absolute Gasteiger partial charge is 0.305 e. The fourth-order valence-electron chi connectivity index (χ4n) is 2.29. The van der Waals surface area contributed by atoms with E-state index < -0.39 is 5.97 Å². The van der Waals surface area contributed by atoms with Gasteiger partial charge in [0.05, 0.1) is 11.3 Å². The second-order valence-corrected chi connectivity index (χ2v) is 6.70. The van der Waals surface area contributed by atoms with Crippen LogP contribution in [0.1, 0.15) is 12.0 Å². The summed E-state index contributed by atoms with van der Waals surface area (Å²) in [5.74, 6) is -0.386. The number of hydrogen-bond donors (Lipinski definition) is 1. The topological polar surface area (TPSA) is 66.8 Å². The lowest BCUT2D eigenvalue weighted by Crippen LogP contribution is -2.30. The van der Waals surface area contributed by atoms with Gasteiger partial charge in [0.25, 0.3) is 5.91 Å². The van der Waals surface area contributed by atoms with Crippen LogP contribution in [0.3, 0.4) is 0 Å². The first-order valence-electron chi connectivity index (χ1n) is 6.94. The lowest BCUT2D eigenvalue weighted by atomic mass is 10.1. The van der Waals surface area contributed by atoms with Gasteiger partial charge in [-0.2, -0.15) is 0 Å². The Morgan fingerprint density at radius 3 is 3.00 bits per heavy atom. The minimum atomic E-state index is -0.956. The molecule has 0 aromatic heterocycles. The molecule has 118 valence electrons. The van der Waals surface area contributed by atoms with Crippen LogP contribution in [-0.4, -0.2) is 39.4 Å². The van der Waals surface area contributed by atoms with E-state index in [1.807, 2.05) is 30.3 Å². The van der Waals surface area contributed by atoms with Crippen LogP contribution >= 0.6 is 24.0 Å². The van der Waals surface area contributed by atoms with Gasteiger partial charge in [0, 0.05) is 12.1 Å². The molecule has 2 aliphatic heterocycles. The quantitative estimate of drug-likeness (QED) is 0.667. The van der Waals surface area contributed by atoms with Crippen molar-refractivity contribution in [1.29, 1.82) is 0 Å². The molecule has 5 nitrogen and oxygen atoms in total. The molecule has 0 saturated carbocycles. The Hall–Kier alpha value is -2.12. The first kappa shape index (κ1) is 15.8. The average Bonchev–Trinajstić information content (AvgIpc) is 2.79. The summed E-state index contributed by atoms with van der Waals surface area (Å²) in [5.41, 5.74) is 1.84. The zero-order valence-electron chi connectivity index (χ0n) is 12.0. The number of carbonyl (C=O) groups is 2. The number of hydrogen-bond acceptors (Lipinski definition) is 5. The molecule has 0 bridgehead atoms. The number of fused-ring (bicyclic) bond motifs is 1. The van der Waals surface area contributed by atoms with Crippen molar-refractivity contribution in [2.45, 2.75) is 6.42 Å². The van der Waals surface area contributed by atoms with Crippen molar-refractivity contribution in [1.82, 2.24) is 4.90 Å². The predicted octanol–water partition coefficient (Wildman–Crippen LogP) is 2.68. The summed E-state index contributed by atoms with van der Waals surface area (Å²) in [5, 5.41) is 8.74. The van der Waals surface area contributed by atoms with Crippen LogP contribution in [0.5, 0.6) is 5.75 Å². The molecule has 1 aromatic rings. The number of para-hydroxylation sites is 1. The maximum Gasteiger partial charge on any atom is 0.305 e. The van der Waals surface area contributed by atoms with Crippen LogP contribution in [0.2, 0.25) is 0 Å². The number of rotatable bonds is 4. The summed E-state index contributed by atoms with van der Waals surface area (Å²) < 4.78 is 6.05. The molecule has 1 fully saturated rings. The van der Waals surface area contributed by atoms with Crippen LogP contribution in [0.25, 0.3) is 6.08 Å². The molecule has 2 aliphatic rings. The average molecular weight is 347 g/mol. The minimum absolute atomic E-state index is 0.0930. The molecule has 2 heterocycles. The van der Waals surface area contributed by atoms with Gasteiger partial charge in [-0.3, -0.25) is 14.5 Å². The van der Waals surface area contributed by atoms with Crippen molar-refractivity contribution in [2.24, 2.45) is 0 Å². The van der Waals surface area contributed by atoms with Crippen molar-refractivity contribution in [2.75, 3.05) is 13.2 Å². The Balaban J connectivity index is 1.79. The van der Waals surface area contributed by atoms with E-state index in [1.165, 1.54) is 16.7 Å². The summed E-state index contributed by atoms with van der Waals surface area (Å²) >= 11 is 6.35. The summed E-state index contributed by atoms with van der Waals surface area (Å²) in [6, 6.07) is 7.67. The van der Waals surface area contributed by atoms with Crippen molar-refractivity contribution in [3.8, 4) is 5.75 Å². The van der Waals surface area contributed by atoms with E-state index in [0.717, 1.165) is 16.9 Å². The maximum absolute atomic E-state index is 12.3. The maximum atomic E-state index is 12.3. The summed E-state index contributed by atoms with van der Waals surface area (Å²) in [7, 11) is 0. The van der Waals surface area contributed by atoms with Gasteiger partial charge < -0.3 is 9.84 Å². The molecule has 3 rings (SSSR count). The van der Waals surface area contributed by atoms with Crippen LogP contribution in [0.4, 0.5) is 0 Å². The minimum Gasteiger partial charge on any atom is -0.488 e. The third-order valence-electron chi connectivity index (χ3n) is 3.39. The summed E-state index contributed by atoms with van der Waals surface area (Å²) in [4.78, 5) is 24.8. The van der Waals surface area contributed by atoms with Crippen LogP contribution in [0, 0.1) is 0 Å². The number of amides is 1. The Labute approximate surface area is 142 Å². The molecule has 0 unspecified atom stereocenters. The van der Waals surface area contributed by atoms with Gasteiger partial charge in [-0.1, -0.05) is 42.2 Å². The number of carboxylic acid groups (broad SMARTS) is 1. The second-order valence-electron chi connectivity index (χ2n) is 5.02. The monoisotopic (exact) mass is 347 g/mol. The second kappa shape index (κ2) is 6.55.